The number of unbranched alkanes of at least 4 members (excludes halogenated alkanes) is 1. The molecule has 124 valence electrons. The van der Waals surface area contributed by atoms with Gasteiger partial charge in [0.15, 0.2) is 0 Å². The summed E-state index contributed by atoms with van der Waals surface area (Å²) in [6.07, 6.45) is 2.07. The van der Waals surface area contributed by atoms with Crippen molar-refractivity contribution < 1.29 is 13.2 Å². The molecule has 5 nitrogen and oxygen atoms in total. The summed E-state index contributed by atoms with van der Waals surface area (Å²) in [4.78, 5) is 11.8. The monoisotopic (exact) mass is 334 g/mol. The number of hydrogen-bond donors (Lipinski definition) is 2. The Morgan fingerprint density at radius 3 is 2.52 bits per heavy atom. The average Bonchev–Trinajstić information content (AvgIpc) is 2.54. The summed E-state index contributed by atoms with van der Waals surface area (Å²) in [6.45, 7) is 2.77. The summed E-state index contributed by atoms with van der Waals surface area (Å²) in [7, 11) is -3.60. The third kappa shape index (κ3) is 5.04. The van der Waals surface area contributed by atoms with Crippen LogP contribution in [0.1, 0.15) is 26.2 Å². The number of carbonyl (C=O) groups excluding carboxylic acids is 1. The van der Waals surface area contributed by atoms with Gasteiger partial charge in [0.2, 0.25) is 15.9 Å². The fourth-order valence-corrected chi connectivity index (χ4v) is 3.28. The quantitative estimate of drug-likeness (QED) is 0.728. The molecule has 0 unspecified atom stereocenters. The minimum atomic E-state index is -3.60. The summed E-state index contributed by atoms with van der Waals surface area (Å²) in [5.74, 6) is -0.139. The van der Waals surface area contributed by atoms with Gasteiger partial charge in [-0.2, -0.15) is 0 Å². The van der Waals surface area contributed by atoms with Gasteiger partial charge >= 0.3 is 0 Å². The standard InChI is InChI=1S/C17H22N2O3S/c1-2-3-11-18-17(20)10-12-19-23(21,22)16-9-8-14-6-4-5-7-15(14)13-16/h4-9,13,19H,2-3,10-12H2,1H3,(H,18,20). The molecule has 6 heteroatoms. The van der Waals surface area contributed by atoms with Crippen molar-refractivity contribution in [2.75, 3.05) is 13.1 Å². The van der Waals surface area contributed by atoms with Gasteiger partial charge in [0.05, 0.1) is 4.90 Å². The van der Waals surface area contributed by atoms with Crippen molar-refractivity contribution in [2.24, 2.45) is 0 Å². The van der Waals surface area contributed by atoms with Gasteiger partial charge in [-0.3, -0.25) is 4.79 Å². The lowest BCUT2D eigenvalue weighted by Crippen LogP contribution is -2.31. The topological polar surface area (TPSA) is 75.3 Å². The van der Waals surface area contributed by atoms with Gasteiger partial charge in [0, 0.05) is 19.5 Å². The van der Waals surface area contributed by atoms with Gasteiger partial charge < -0.3 is 5.32 Å². The summed E-state index contributed by atoms with van der Waals surface area (Å²) >= 11 is 0. The number of amides is 1. The second kappa shape index (κ2) is 8.08. The predicted octanol–water partition coefficient (Wildman–Crippen LogP) is 2.42. The van der Waals surface area contributed by atoms with E-state index >= 15 is 0 Å². The van der Waals surface area contributed by atoms with Crippen molar-refractivity contribution in [3.8, 4) is 0 Å². The van der Waals surface area contributed by atoms with Crippen LogP contribution in [0, 0.1) is 0 Å². The number of carbonyl (C=O) groups is 1. The van der Waals surface area contributed by atoms with Crippen molar-refractivity contribution in [3.63, 3.8) is 0 Å². The van der Waals surface area contributed by atoms with Crippen LogP contribution in [0.3, 0.4) is 0 Å². The summed E-state index contributed by atoms with van der Waals surface area (Å²) < 4.78 is 27.0. The largest absolute Gasteiger partial charge is 0.356 e. The zero-order valence-corrected chi connectivity index (χ0v) is 14.0. The number of nitrogens with one attached hydrogen (secondary N) is 2. The Balaban J connectivity index is 1.94. The van der Waals surface area contributed by atoms with Crippen LogP contribution in [0.15, 0.2) is 47.4 Å². The molecule has 0 bridgehead atoms. The van der Waals surface area contributed by atoms with Crippen LogP contribution in [0.2, 0.25) is 0 Å². The van der Waals surface area contributed by atoms with Crippen LogP contribution in [-0.4, -0.2) is 27.4 Å². The van der Waals surface area contributed by atoms with E-state index in [1.165, 1.54) is 0 Å². The van der Waals surface area contributed by atoms with Crippen LogP contribution >= 0.6 is 0 Å². The predicted molar refractivity (Wildman–Crippen MR) is 91.7 cm³/mol. The second-order valence-electron chi connectivity index (χ2n) is 5.36. The number of sulfonamides is 1. The van der Waals surface area contributed by atoms with E-state index in [9.17, 15) is 13.2 Å². The highest BCUT2D eigenvalue weighted by molar-refractivity contribution is 7.89. The maximum Gasteiger partial charge on any atom is 0.240 e. The molecule has 0 spiro atoms. The lowest BCUT2D eigenvalue weighted by molar-refractivity contribution is -0.120. The molecule has 0 aliphatic rings. The Hall–Kier alpha value is -1.92. The van der Waals surface area contributed by atoms with Crippen LogP contribution in [0.5, 0.6) is 0 Å². The van der Waals surface area contributed by atoms with Crippen molar-refractivity contribution in [1.82, 2.24) is 10.0 Å². The third-order valence-electron chi connectivity index (χ3n) is 3.53. The zero-order valence-electron chi connectivity index (χ0n) is 13.2. The Bertz CT molecular complexity index is 772. The molecule has 0 atom stereocenters. The van der Waals surface area contributed by atoms with Crippen molar-refractivity contribution >= 4 is 26.7 Å². The Kier molecular flexibility index (Phi) is 6.12. The van der Waals surface area contributed by atoms with Gasteiger partial charge in [0.1, 0.15) is 0 Å². The van der Waals surface area contributed by atoms with Gasteiger partial charge in [-0.15, -0.1) is 0 Å². The van der Waals surface area contributed by atoms with Gasteiger partial charge in [-0.05, 0) is 29.3 Å². The fourth-order valence-electron chi connectivity index (χ4n) is 2.21. The van der Waals surface area contributed by atoms with Crippen molar-refractivity contribution in [3.05, 3.63) is 42.5 Å². The van der Waals surface area contributed by atoms with E-state index < -0.39 is 10.0 Å². The van der Waals surface area contributed by atoms with E-state index in [0.717, 1.165) is 23.6 Å². The maximum atomic E-state index is 12.3. The minimum absolute atomic E-state index is 0.0904. The van der Waals surface area contributed by atoms with E-state index in [2.05, 4.69) is 10.0 Å². The first-order valence-electron chi connectivity index (χ1n) is 7.78. The number of rotatable bonds is 8. The third-order valence-corrected chi connectivity index (χ3v) is 4.99. The smallest absolute Gasteiger partial charge is 0.240 e. The minimum Gasteiger partial charge on any atom is -0.356 e. The maximum absolute atomic E-state index is 12.3. The Labute approximate surface area is 137 Å². The van der Waals surface area contributed by atoms with E-state index in [0.29, 0.717) is 6.54 Å². The van der Waals surface area contributed by atoms with E-state index in [1.54, 1.807) is 18.2 Å². The van der Waals surface area contributed by atoms with E-state index in [4.69, 9.17) is 0 Å². The average molecular weight is 334 g/mol. The van der Waals surface area contributed by atoms with E-state index in [1.807, 2.05) is 31.2 Å². The molecule has 0 radical (unpaired) electrons. The highest BCUT2D eigenvalue weighted by Gasteiger charge is 2.14. The van der Waals surface area contributed by atoms with Crippen molar-refractivity contribution in [2.45, 2.75) is 31.1 Å². The first kappa shape index (κ1) is 17.4. The molecule has 0 heterocycles. The number of hydrogen-bond acceptors (Lipinski definition) is 3. The molecular formula is C17H22N2O3S. The summed E-state index contributed by atoms with van der Waals surface area (Å²) in [6, 6.07) is 12.6. The number of fused-ring (bicyclic) bond motifs is 1. The zero-order chi connectivity index (χ0) is 16.7. The fraction of sp³-hybridized carbons (Fsp3) is 0.353. The summed E-state index contributed by atoms with van der Waals surface area (Å²) in [5, 5.41) is 4.62. The molecule has 0 aliphatic carbocycles. The molecule has 2 N–H and O–H groups in total. The van der Waals surface area contributed by atoms with Gasteiger partial charge in [0.25, 0.3) is 0 Å². The van der Waals surface area contributed by atoms with E-state index in [-0.39, 0.29) is 23.8 Å². The molecule has 2 aromatic rings. The van der Waals surface area contributed by atoms with Crippen LogP contribution in [0.25, 0.3) is 10.8 Å². The van der Waals surface area contributed by atoms with Gasteiger partial charge in [-0.1, -0.05) is 43.7 Å². The van der Waals surface area contributed by atoms with Crippen molar-refractivity contribution in [1.29, 1.82) is 0 Å². The number of benzene rings is 2. The van der Waals surface area contributed by atoms with Crippen LogP contribution in [0.4, 0.5) is 0 Å². The molecular weight excluding hydrogens is 312 g/mol. The molecule has 0 saturated carbocycles. The SMILES string of the molecule is CCCCNC(=O)CCNS(=O)(=O)c1ccc2ccccc2c1. The first-order chi connectivity index (χ1) is 11.0. The normalized spacial score (nSPS) is 11.5. The molecule has 0 aromatic heterocycles. The highest BCUT2D eigenvalue weighted by Crippen LogP contribution is 2.18. The lowest BCUT2D eigenvalue weighted by Gasteiger charge is -2.08. The van der Waals surface area contributed by atoms with Crippen LogP contribution < -0.4 is 10.0 Å². The lowest BCUT2D eigenvalue weighted by atomic mass is 10.1. The molecule has 0 fully saturated rings. The molecule has 0 aliphatic heterocycles. The Morgan fingerprint density at radius 1 is 1.04 bits per heavy atom. The highest BCUT2D eigenvalue weighted by atomic mass is 32.2. The molecule has 2 rings (SSSR count). The molecule has 1 amide bonds. The second-order valence-corrected chi connectivity index (χ2v) is 7.13. The molecule has 2 aromatic carbocycles. The molecule has 0 saturated heterocycles. The Morgan fingerprint density at radius 2 is 1.78 bits per heavy atom. The molecule has 23 heavy (non-hydrogen) atoms. The van der Waals surface area contributed by atoms with Gasteiger partial charge in [-0.25, -0.2) is 13.1 Å². The van der Waals surface area contributed by atoms with Crippen LogP contribution in [-0.2, 0) is 14.8 Å². The summed E-state index contributed by atoms with van der Waals surface area (Å²) in [5.41, 5.74) is 0. The first-order valence-corrected chi connectivity index (χ1v) is 9.26.